The molecular weight excluding hydrogens is 330 g/mol. The second-order valence-corrected chi connectivity index (χ2v) is 6.38. The molecule has 0 saturated carbocycles. The minimum atomic E-state index is 0.143. The summed E-state index contributed by atoms with van der Waals surface area (Å²) in [6, 6.07) is 20.7. The maximum atomic E-state index is 8.95. The van der Waals surface area contributed by atoms with Crippen molar-refractivity contribution >= 4 is 0 Å². The van der Waals surface area contributed by atoms with Crippen molar-refractivity contribution in [2.45, 2.75) is 18.2 Å². The third kappa shape index (κ3) is 6.86. The van der Waals surface area contributed by atoms with E-state index in [0.717, 1.165) is 26.4 Å². The van der Waals surface area contributed by atoms with Gasteiger partial charge in [0.05, 0.1) is 39.1 Å². The molecule has 26 heavy (non-hydrogen) atoms. The Morgan fingerprint density at radius 2 is 1.35 bits per heavy atom. The van der Waals surface area contributed by atoms with E-state index in [9.17, 15) is 0 Å². The standard InChI is InChI=1S/C15H17NO.C6H10O3/c17-12-11-16-15(13-7-3-1-4-8-13)14-9-5-2-6-10-14;1(5-3-8-5)7-2-6-4-9-6/h1-10,15-17H,11-12H2;5-6H,1-4H2. The van der Waals surface area contributed by atoms with Crippen molar-refractivity contribution in [1.29, 1.82) is 0 Å². The highest BCUT2D eigenvalue weighted by atomic mass is 16.6. The monoisotopic (exact) mass is 357 g/mol. The first-order valence-electron chi connectivity index (χ1n) is 9.12. The van der Waals surface area contributed by atoms with Gasteiger partial charge in [0.15, 0.2) is 0 Å². The van der Waals surface area contributed by atoms with E-state index in [1.54, 1.807) is 0 Å². The Morgan fingerprint density at radius 3 is 1.73 bits per heavy atom. The van der Waals surface area contributed by atoms with Gasteiger partial charge >= 0.3 is 0 Å². The molecule has 2 heterocycles. The van der Waals surface area contributed by atoms with Gasteiger partial charge in [0, 0.05) is 6.54 Å². The summed E-state index contributed by atoms with van der Waals surface area (Å²) in [5, 5.41) is 12.3. The van der Waals surface area contributed by atoms with E-state index in [1.807, 2.05) is 36.4 Å². The molecule has 2 unspecified atom stereocenters. The Morgan fingerprint density at radius 1 is 0.885 bits per heavy atom. The Labute approximate surface area is 154 Å². The minimum absolute atomic E-state index is 0.143. The summed E-state index contributed by atoms with van der Waals surface area (Å²) in [6.07, 6.45) is 0.785. The Balaban J connectivity index is 0.000000181. The van der Waals surface area contributed by atoms with Gasteiger partial charge in [-0.1, -0.05) is 60.7 Å². The van der Waals surface area contributed by atoms with Crippen molar-refractivity contribution in [3.8, 4) is 0 Å². The average molecular weight is 357 g/mol. The zero-order chi connectivity index (χ0) is 18.0. The average Bonchev–Trinajstić information content (AvgIpc) is 3.61. The Hall–Kier alpha value is -1.76. The lowest BCUT2D eigenvalue weighted by Crippen LogP contribution is -2.25. The molecule has 0 aromatic heterocycles. The molecule has 2 aromatic carbocycles. The lowest BCUT2D eigenvalue weighted by Gasteiger charge is -2.19. The van der Waals surface area contributed by atoms with Gasteiger partial charge in [-0.2, -0.15) is 0 Å². The van der Waals surface area contributed by atoms with E-state index < -0.39 is 0 Å². The fourth-order valence-electron chi connectivity index (χ4n) is 2.59. The summed E-state index contributed by atoms with van der Waals surface area (Å²) in [6.45, 7) is 4.00. The summed E-state index contributed by atoms with van der Waals surface area (Å²) in [7, 11) is 0. The molecule has 5 heteroatoms. The molecule has 0 spiro atoms. The number of aliphatic hydroxyl groups excluding tert-OH is 1. The topological polar surface area (TPSA) is 66.5 Å². The summed E-state index contributed by atoms with van der Waals surface area (Å²) in [5.74, 6) is 0. The number of benzene rings is 2. The number of aliphatic hydroxyl groups is 1. The van der Waals surface area contributed by atoms with E-state index in [0.29, 0.717) is 18.8 Å². The van der Waals surface area contributed by atoms with Crippen molar-refractivity contribution in [2.75, 3.05) is 39.6 Å². The fourth-order valence-corrected chi connectivity index (χ4v) is 2.59. The molecule has 0 amide bonds. The van der Waals surface area contributed by atoms with Crippen LogP contribution in [0.3, 0.4) is 0 Å². The summed E-state index contributed by atoms with van der Waals surface area (Å²) >= 11 is 0. The van der Waals surface area contributed by atoms with Gasteiger partial charge in [-0.3, -0.25) is 0 Å². The summed E-state index contributed by atoms with van der Waals surface area (Å²) in [4.78, 5) is 0. The molecule has 2 fully saturated rings. The summed E-state index contributed by atoms with van der Waals surface area (Å²) in [5.41, 5.74) is 2.43. The Bertz CT molecular complexity index is 563. The molecule has 0 radical (unpaired) electrons. The third-order valence-electron chi connectivity index (χ3n) is 4.14. The molecule has 2 N–H and O–H groups in total. The van der Waals surface area contributed by atoms with Crippen LogP contribution in [-0.4, -0.2) is 56.9 Å². The largest absolute Gasteiger partial charge is 0.395 e. The van der Waals surface area contributed by atoms with Gasteiger partial charge in [0.25, 0.3) is 0 Å². The van der Waals surface area contributed by atoms with Gasteiger partial charge < -0.3 is 24.6 Å². The zero-order valence-corrected chi connectivity index (χ0v) is 14.9. The molecule has 4 rings (SSSR count). The second-order valence-electron chi connectivity index (χ2n) is 6.38. The molecule has 2 aromatic rings. The van der Waals surface area contributed by atoms with E-state index in [-0.39, 0.29) is 12.6 Å². The minimum Gasteiger partial charge on any atom is -0.395 e. The van der Waals surface area contributed by atoms with Gasteiger partial charge in [-0.25, -0.2) is 0 Å². The highest BCUT2D eigenvalue weighted by Gasteiger charge is 2.26. The van der Waals surface area contributed by atoms with Crippen LogP contribution in [0.25, 0.3) is 0 Å². The van der Waals surface area contributed by atoms with Crippen LogP contribution >= 0.6 is 0 Å². The van der Waals surface area contributed by atoms with Crippen molar-refractivity contribution < 1.29 is 19.3 Å². The highest BCUT2D eigenvalue weighted by molar-refractivity contribution is 5.31. The normalized spacial score (nSPS) is 20.4. The Kier molecular flexibility index (Phi) is 7.61. The van der Waals surface area contributed by atoms with Crippen molar-refractivity contribution in [1.82, 2.24) is 5.32 Å². The van der Waals surface area contributed by atoms with Gasteiger partial charge in [-0.05, 0) is 11.1 Å². The zero-order valence-electron chi connectivity index (χ0n) is 14.9. The van der Waals surface area contributed by atoms with Crippen LogP contribution in [0, 0.1) is 0 Å². The number of ether oxygens (including phenoxy) is 3. The summed E-state index contributed by atoms with van der Waals surface area (Å²) < 4.78 is 15.1. The van der Waals surface area contributed by atoms with Crippen LogP contribution in [0.2, 0.25) is 0 Å². The van der Waals surface area contributed by atoms with Gasteiger partial charge in [0.2, 0.25) is 0 Å². The predicted molar refractivity (Wildman–Crippen MR) is 100 cm³/mol. The molecule has 5 nitrogen and oxygen atoms in total. The van der Waals surface area contributed by atoms with Gasteiger partial charge in [0.1, 0.15) is 12.2 Å². The van der Waals surface area contributed by atoms with Crippen LogP contribution in [0.5, 0.6) is 0 Å². The first-order valence-corrected chi connectivity index (χ1v) is 9.12. The maximum Gasteiger partial charge on any atom is 0.104 e. The molecule has 2 atom stereocenters. The number of rotatable bonds is 9. The van der Waals surface area contributed by atoms with E-state index in [4.69, 9.17) is 19.3 Å². The van der Waals surface area contributed by atoms with Gasteiger partial charge in [-0.15, -0.1) is 0 Å². The number of hydrogen-bond acceptors (Lipinski definition) is 5. The molecule has 2 aliphatic heterocycles. The SMILES string of the molecule is C(OCC1CO1)C1CO1.OCCNC(c1ccccc1)c1ccccc1. The number of nitrogens with one attached hydrogen (secondary N) is 1. The quantitative estimate of drug-likeness (QED) is 0.673. The molecule has 0 bridgehead atoms. The molecule has 2 saturated heterocycles. The first-order chi connectivity index (χ1) is 12.9. The van der Waals surface area contributed by atoms with E-state index >= 15 is 0 Å². The fraction of sp³-hybridized carbons (Fsp3) is 0.429. The van der Waals surface area contributed by atoms with Crippen molar-refractivity contribution in [3.05, 3.63) is 71.8 Å². The third-order valence-corrected chi connectivity index (χ3v) is 4.14. The molecule has 140 valence electrons. The van der Waals surface area contributed by atoms with Crippen molar-refractivity contribution in [2.24, 2.45) is 0 Å². The smallest absolute Gasteiger partial charge is 0.104 e. The molecule has 0 aliphatic carbocycles. The van der Waals surface area contributed by atoms with Crippen LogP contribution in [-0.2, 0) is 14.2 Å². The number of epoxide rings is 2. The number of hydrogen-bond donors (Lipinski definition) is 2. The lowest BCUT2D eigenvalue weighted by atomic mass is 9.99. The van der Waals surface area contributed by atoms with Crippen LogP contribution in [0.4, 0.5) is 0 Å². The van der Waals surface area contributed by atoms with Crippen molar-refractivity contribution in [3.63, 3.8) is 0 Å². The van der Waals surface area contributed by atoms with E-state index in [1.165, 1.54) is 11.1 Å². The van der Waals surface area contributed by atoms with Crippen LogP contribution in [0.1, 0.15) is 17.2 Å². The second kappa shape index (κ2) is 10.4. The van der Waals surface area contributed by atoms with E-state index in [2.05, 4.69) is 29.6 Å². The maximum absolute atomic E-state index is 8.95. The lowest BCUT2D eigenvalue weighted by molar-refractivity contribution is 0.102. The molecular formula is C21H27NO4. The first kappa shape index (κ1) is 19.0. The molecule has 2 aliphatic rings. The van der Waals surface area contributed by atoms with Crippen LogP contribution in [0.15, 0.2) is 60.7 Å². The highest BCUT2D eigenvalue weighted by Crippen LogP contribution is 2.21. The predicted octanol–water partition coefficient (Wildman–Crippen LogP) is 2.16. The van der Waals surface area contributed by atoms with Crippen LogP contribution < -0.4 is 5.32 Å².